The summed E-state index contributed by atoms with van der Waals surface area (Å²) in [5, 5.41) is 5.62. The van der Waals surface area contributed by atoms with Crippen LogP contribution in [0.4, 0.5) is 17.1 Å². The quantitative estimate of drug-likeness (QED) is 0.230. The number of hydrogen-bond acceptors (Lipinski definition) is 5. The summed E-state index contributed by atoms with van der Waals surface area (Å²) in [5.74, 6) is -1.21. The molecule has 0 aromatic heterocycles. The number of nitrogens with zero attached hydrogens (tertiary/aromatic N) is 1. The van der Waals surface area contributed by atoms with Gasteiger partial charge >= 0.3 is 0 Å². The number of hydrogen-bond donors (Lipinski definition) is 2. The lowest BCUT2D eigenvalue weighted by Gasteiger charge is -2.17. The van der Waals surface area contributed by atoms with Gasteiger partial charge in [-0.1, -0.05) is 52.5 Å². The minimum absolute atomic E-state index is 0.0365. The molecule has 0 fully saturated rings. The molecule has 1 heterocycles. The molecule has 0 aliphatic carbocycles. The highest BCUT2D eigenvalue weighted by Crippen LogP contribution is 2.38. The van der Waals surface area contributed by atoms with E-state index in [4.69, 9.17) is 51.1 Å². The Labute approximate surface area is 232 Å². The molecule has 3 aromatic carbocycles. The van der Waals surface area contributed by atoms with E-state index in [1.54, 1.807) is 42.5 Å². The van der Waals surface area contributed by atoms with Gasteiger partial charge in [0.2, 0.25) is 0 Å². The Morgan fingerprint density at radius 3 is 2.19 bits per heavy atom. The van der Waals surface area contributed by atoms with E-state index in [2.05, 4.69) is 10.6 Å². The number of rotatable bonds is 7. The van der Waals surface area contributed by atoms with Crippen LogP contribution in [0.1, 0.15) is 24.2 Å². The van der Waals surface area contributed by atoms with Gasteiger partial charge in [-0.3, -0.25) is 14.4 Å². The average Bonchev–Trinajstić information content (AvgIpc) is 3.05. The maximum atomic E-state index is 13.1. The molecule has 1 aliphatic heterocycles. The summed E-state index contributed by atoms with van der Waals surface area (Å²) in [6.07, 6.45) is 0.0365. The maximum absolute atomic E-state index is 13.1. The minimum atomic E-state index is -0.784. The first-order chi connectivity index (χ1) is 17.5. The van der Waals surface area contributed by atoms with Gasteiger partial charge in [0.25, 0.3) is 17.7 Å². The summed E-state index contributed by atoms with van der Waals surface area (Å²) in [6.45, 7) is 3.85. The second kappa shape index (κ2) is 11.0. The van der Waals surface area contributed by atoms with Crippen molar-refractivity contribution in [1.82, 2.24) is 0 Å². The molecule has 11 heteroatoms. The van der Waals surface area contributed by atoms with Gasteiger partial charge in [-0.2, -0.15) is 0 Å². The molecule has 3 amide bonds. The third-order valence-corrected chi connectivity index (χ3v) is 6.51. The van der Waals surface area contributed by atoms with E-state index >= 15 is 0 Å². The Bertz CT molecular complexity index is 1440. The minimum Gasteiger partial charge on any atom is -0.491 e. The Balaban J connectivity index is 1.51. The second-order valence-corrected chi connectivity index (χ2v) is 9.80. The number of ether oxygens (including phenoxy) is 1. The third kappa shape index (κ3) is 5.86. The third-order valence-electron chi connectivity index (χ3n) is 5.14. The SMILES string of the molecule is CC(C)Oc1ccc(NC(=O)c2cccc(NC3=C(Cl)C(=O)N(c4cc(Cl)c(Cl)cc4Cl)C3=O)c2)cc1. The number of imide groups is 1. The van der Waals surface area contributed by atoms with Crippen LogP contribution in [-0.4, -0.2) is 23.8 Å². The molecule has 0 atom stereocenters. The number of benzene rings is 3. The van der Waals surface area contributed by atoms with Crippen molar-refractivity contribution in [3.05, 3.63) is 92.0 Å². The predicted molar refractivity (Wildman–Crippen MR) is 147 cm³/mol. The van der Waals surface area contributed by atoms with E-state index in [0.717, 1.165) is 4.90 Å². The van der Waals surface area contributed by atoms with Crippen LogP contribution in [0.25, 0.3) is 0 Å². The molecule has 0 radical (unpaired) electrons. The van der Waals surface area contributed by atoms with Crippen molar-refractivity contribution in [1.29, 1.82) is 0 Å². The molecule has 0 spiro atoms. The predicted octanol–water partition coefficient (Wildman–Crippen LogP) is 7.12. The fourth-order valence-corrected chi connectivity index (χ4v) is 4.33. The Morgan fingerprint density at radius 2 is 1.51 bits per heavy atom. The fraction of sp³-hybridized carbons (Fsp3) is 0.115. The van der Waals surface area contributed by atoms with Gasteiger partial charge in [0.1, 0.15) is 16.5 Å². The Hall–Kier alpha value is -3.23. The van der Waals surface area contributed by atoms with E-state index in [1.807, 2.05) is 13.8 Å². The van der Waals surface area contributed by atoms with Crippen LogP contribution in [0.5, 0.6) is 5.75 Å². The molecule has 37 heavy (non-hydrogen) atoms. The van der Waals surface area contributed by atoms with E-state index in [1.165, 1.54) is 18.2 Å². The first-order valence-corrected chi connectivity index (χ1v) is 12.4. The van der Waals surface area contributed by atoms with Crippen molar-refractivity contribution in [2.24, 2.45) is 0 Å². The van der Waals surface area contributed by atoms with Crippen molar-refractivity contribution in [3.63, 3.8) is 0 Å². The lowest BCUT2D eigenvalue weighted by molar-refractivity contribution is -0.120. The molecule has 190 valence electrons. The molecule has 0 unspecified atom stereocenters. The summed E-state index contributed by atoms with van der Waals surface area (Å²) in [7, 11) is 0. The standard InChI is InChI=1S/C26H19Cl4N3O4/c1-13(2)37-17-8-6-15(7-9-17)32-24(34)14-4-3-5-16(10-14)31-23-22(30)25(35)33(26(23)36)21-12-19(28)18(27)11-20(21)29/h3-13,31H,1-2H3,(H,32,34). The summed E-state index contributed by atoms with van der Waals surface area (Å²) in [6, 6.07) is 16.0. The molecular formula is C26H19Cl4N3O4. The van der Waals surface area contributed by atoms with Gasteiger partial charge in [0.15, 0.2) is 0 Å². The van der Waals surface area contributed by atoms with Crippen LogP contribution in [0, 0.1) is 0 Å². The van der Waals surface area contributed by atoms with Crippen LogP contribution >= 0.6 is 46.4 Å². The van der Waals surface area contributed by atoms with Crippen LogP contribution < -0.4 is 20.3 Å². The van der Waals surface area contributed by atoms with Crippen molar-refractivity contribution >= 4 is 81.2 Å². The van der Waals surface area contributed by atoms with E-state index in [-0.39, 0.29) is 43.5 Å². The van der Waals surface area contributed by atoms with E-state index in [9.17, 15) is 14.4 Å². The number of halogens is 4. The highest BCUT2D eigenvalue weighted by Gasteiger charge is 2.40. The Kier molecular flexibility index (Phi) is 7.99. The highest BCUT2D eigenvalue weighted by atomic mass is 35.5. The summed E-state index contributed by atoms with van der Waals surface area (Å²) in [5.41, 5.74) is 1.12. The zero-order chi connectivity index (χ0) is 26.9. The van der Waals surface area contributed by atoms with Gasteiger partial charge in [-0.05, 0) is 68.4 Å². The molecule has 0 bridgehead atoms. The maximum Gasteiger partial charge on any atom is 0.283 e. The lowest BCUT2D eigenvalue weighted by Crippen LogP contribution is -2.32. The summed E-state index contributed by atoms with van der Waals surface area (Å²) < 4.78 is 5.61. The average molecular weight is 579 g/mol. The number of carbonyl (C=O) groups excluding carboxylic acids is 3. The van der Waals surface area contributed by atoms with Crippen molar-refractivity contribution < 1.29 is 19.1 Å². The highest BCUT2D eigenvalue weighted by molar-refractivity contribution is 6.54. The van der Waals surface area contributed by atoms with Crippen LogP contribution in [0.15, 0.2) is 71.4 Å². The van der Waals surface area contributed by atoms with E-state index < -0.39 is 11.8 Å². The monoisotopic (exact) mass is 577 g/mol. The number of nitrogens with one attached hydrogen (secondary N) is 2. The molecule has 0 saturated heterocycles. The molecule has 3 aromatic rings. The summed E-state index contributed by atoms with van der Waals surface area (Å²) >= 11 is 24.4. The molecule has 1 aliphatic rings. The Morgan fingerprint density at radius 1 is 0.838 bits per heavy atom. The van der Waals surface area contributed by atoms with Gasteiger partial charge in [-0.15, -0.1) is 0 Å². The number of amides is 3. The topological polar surface area (TPSA) is 87.7 Å². The van der Waals surface area contributed by atoms with Gasteiger partial charge in [0, 0.05) is 16.9 Å². The van der Waals surface area contributed by atoms with Crippen LogP contribution in [-0.2, 0) is 9.59 Å². The van der Waals surface area contributed by atoms with Crippen LogP contribution in [0.2, 0.25) is 15.1 Å². The molecule has 0 saturated carbocycles. The zero-order valence-electron chi connectivity index (χ0n) is 19.4. The van der Waals surface area contributed by atoms with Gasteiger partial charge in [-0.25, -0.2) is 4.90 Å². The number of carbonyl (C=O) groups is 3. The molecule has 7 nitrogen and oxygen atoms in total. The van der Waals surface area contributed by atoms with Crippen molar-refractivity contribution in [2.45, 2.75) is 20.0 Å². The van der Waals surface area contributed by atoms with Gasteiger partial charge in [0.05, 0.1) is 26.9 Å². The molecule has 4 rings (SSSR count). The second-order valence-electron chi connectivity index (χ2n) is 8.20. The first-order valence-electron chi connectivity index (χ1n) is 10.9. The first kappa shape index (κ1) is 26.8. The largest absolute Gasteiger partial charge is 0.491 e. The van der Waals surface area contributed by atoms with Crippen LogP contribution in [0.3, 0.4) is 0 Å². The molecular weight excluding hydrogens is 560 g/mol. The van der Waals surface area contributed by atoms with Crippen molar-refractivity contribution in [2.75, 3.05) is 15.5 Å². The normalized spacial score (nSPS) is 13.4. The lowest BCUT2D eigenvalue weighted by atomic mass is 10.1. The van der Waals surface area contributed by atoms with Gasteiger partial charge < -0.3 is 15.4 Å². The van der Waals surface area contributed by atoms with E-state index in [0.29, 0.717) is 22.7 Å². The number of anilines is 3. The molecule has 2 N–H and O–H groups in total. The fourth-order valence-electron chi connectivity index (χ4n) is 3.49. The van der Waals surface area contributed by atoms with Crippen molar-refractivity contribution in [3.8, 4) is 5.75 Å². The summed E-state index contributed by atoms with van der Waals surface area (Å²) in [4.78, 5) is 39.5. The zero-order valence-corrected chi connectivity index (χ0v) is 22.5. The smallest absolute Gasteiger partial charge is 0.283 e.